The molecule has 0 unspecified atom stereocenters. The van der Waals surface area contributed by atoms with E-state index >= 15 is 0 Å². The molecule has 0 radical (unpaired) electrons. The van der Waals surface area contributed by atoms with Crippen molar-refractivity contribution >= 4 is 17.6 Å². The Kier molecular flexibility index (Phi) is 4.18. The highest BCUT2D eigenvalue weighted by Gasteiger charge is 2.13. The van der Waals surface area contributed by atoms with Crippen molar-refractivity contribution in [3.63, 3.8) is 0 Å². The van der Waals surface area contributed by atoms with Crippen LogP contribution < -0.4 is 10.9 Å². The van der Waals surface area contributed by atoms with Crippen LogP contribution in [0.2, 0.25) is 0 Å². The second-order valence-electron chi connectivity index (χ2n) is 4.44. The number of ether oxygens (including phenoxy) is 1. The number of carbonyl (C=O) groups excluding carboxylic acids is 2. The molecule has 0 fully saturated rings. The van der Waals surface area contributed by atoms with Crippen LogP contribution in [-0.4, -0.2) is 11.9 Å². The van der Waals surface area contributed by atoms with Crippen molar-refractivity contribution in [3.05, 3.63) is 41.7 Å². The van der Waals surface area contributed by atoms with Crippen LogP contribution in [0, 0.1) is 6.92 Å². The molecule has 5 heteroatoms. The van der Waals surface area contributed by atoms with Gasteiger partial charge in [0.05, 0.1) is 5.69 Å². The van der Waals surface area contributed by atoms with Gasteiger partial charge in [-0.2, -0.15) is 0 Å². The number of hydrogen-bond acceptors (Lipinski definition) is 4. The van der Waals surface area contributed by atoms with Gasteiger partial charge in [0.1, 0.15) is 5.76 Å². The molecule has 1 amide bonds. The third-order valence-electron chi connectivity index (χ3n) is 2.75. The maximum absolute atomic E-state index is 11.5. The van der Waals surface area contributed by atoms with Gasteiger partial charge in [0.2, 0.25) is 0 Å². The highest BCUT2D eigenvalue weighted by atomic mass is 16.6. The summed E-state index contributed by atoms with van der Waals surface area (Å²) in [6.07, 6.45) is 2.62. The van der Waals surface area contributed by atoms with Crippen molar-refractivity contribution in [2.45, 2.75) is 26.2 Å². The normalized spacial score (nSPS) is 14.6. The largest absolute Gasteiger partial charge is 0.431 e. The summed E-state index contributed by atoms with van der Waals surface area (Å²) in [6.45, 7) is 1.98. The Hall–Kier alpha value is -2.30. The minimum atomic E-state index is -0.624. The van der Waals surface area contributed by atoms with Crippen LogP contribution in [-0.2, 0) is 9.53 Å². The van der Waals surface area contributed by atoms with E-state index in [1.165, 1.54) is 6.08 Å². The second-order valence-corrected chi connectivity index (χ2v) is 4.44. The molecule has 19 heavy (non-hydrogen) atoms. The second kappa shape index (κ2) is 6.04. The number of aryl methyl sites for hydroxylation is 1. The SMILES string of the molecule is Cc1ccc(NNC(=O)OC2=CC(=O)CCC2)cc1. The molecule has 0 heterocycles. The first-order chi connectivity index (χ1) is 9.13. The molecule has 0 saturated heterocycles. The van der Waals surface area contributed by atoms with Crippen molar-refractivity contribution < 1.29 is 14.3 Å². The van der Waals surface area contributed by atoms with Gasteiger partial charge in [0.15, 0.2) is 5.78 Å². The number of nitrogens with one attached hydrogen (secondary N) is 2. The molecule has 1 aromatic carbocycles. The van der Waals surface area contributed by atoms with Crippen LogP contribution in [0.15, 0.2) is 36.1 Å². The van der Waals surface area contributed by atoms with Crippen LogP contribution in [0.5, 0.6) is 0 Å². The van der Waals surface area contributed by atoms with Gasteiger partial charge in [-0.1, -0.05) is 17.7 Å². The zero-order chi connectivity index (χ0) is 13.7. The number of ketones is 1. The number of amides is 1. The summed E-state index contributed by atoms with van der Waals surface area (Å²) < 4.78 is 5.03. The van der Waals surface area contributed by atoms with E-state index < -0.39 is 6.09 Å². The molecule has 1 aliphatic rings. The molecule has 2 rings (SSSR count). The molecule has 0 saturated carbocycles. The standard InChI is InChI=1S/C14H16N2O3/c1-10-5-7-11(8-6-10)15-16-14(18)19-13-4-2-3-12(17)9-13/h5-9,15H,2-4H2,1H3,(H,16,18). The molecular formula is C14H16N2O3. The molecule has 0 atom stereocenters. The van der Waals surface area contributed by atoms with Gasteiger partial charge in [-0.3, -0.25) is 10.2 Å². The summed E-state index contributed by atoms with van der Waals surface area (Å²) >= 11 is 0. The van der Waals surface area contributed by atoms with E-state index in [1.54, 1.807) is 0 Å². The molecule has 100 valence electrons. The lowest BCUT2D eigenvalue weighted by molar-refractivity contribution is -0.115. The summed E-state index contributed by atoms with van der Waals surface area (Å²) in [6, 6.07) is 7.55. The third kappa shape index (κ3) is 4.13. The Labute approximate surface area is 111 Å². The Morgan fingerprint density at radius 2 is 1.95 bits per heavy atom. The fourth-order valence-electron chi connectivity index (χ4n) is 1.75. The third-order valence-corrected chi connectivity index (χ3v) is 2.75. The molecule has 0 aliphatic heterocycles. The molecule has 0 bridgehead atoms. The highest BCUT2D eigenvalue weighted by Crippen LogP contribution is 2.16. The number of hydrogen-bond donors (Lipinski definition) is 2. The molecule has 1 aliphatic carbocycles. The van der Waals surface area contributed by atoms with E-state index in [-0.39, 0.29) is 5.78 Å². The topological polar surface area (TPSA) is 67.4 Å². The maximum atomic E-state index is 11.5. The lowest BCUT2D eigenvalue weighted by Crippen LogP contribution is -2.30. The molecule has 0 aromatic heterocycles. The minimum Gasteiger partial charge on any atom is -0.414 e. The number of rotatable bonds is 3. The van der Waals surface area contributed by atoms with Crippen molar-refractivity contribution in [1.82, 2.24) is 5.43 Å². The van der Waals surface area contributed by atoms with E-state index in [2.05, 4.69) is 10.9 Å². The van der Waals surface area contributed by atoms with Gasteiger partial charge in [-0.25, -0.2) is 10.2 Å². The van der Waals surface area contributed by atoms with Gasteiger partial charge < -0.3 is 4.74 Å². The zero-order valence-corrected chi connectivity index (χ0v) is 10.7. The number of allylic oxidation sites excluding steroid dienone is 2. The van der Waals surface area contributed by atoms with E-state index in [4.69, 9.17) is 4.74 Å². The van der Waals surface area contributed by atoms with E-state index in [1.807, 2.05) is 31.2 Å². The Balaban J connectivity index is 1.81. The lowest BCUT2D eigenvalue weighted by atomic mass is 10.1. The molecule has 2 N–H and O–H groups in total. The highest BCUT2D eigenvalue weighted by molar-refractivity contribution is 5.91. The Bertz CT molecular complexity index is 506. The van der Waals surface area contributed by atoms with Gasteiger partial charge in [0.25, 0.3) is 0 Å². The molecular weight excluding hydrogens is 244 g/mol. The first kappa shape index (κ1) is 13.1. The fraction of sp³-hybridized carbons (Fsp3) is 0.286. The Morgan fingerprint density at radius 1 is 1.21 bits per heavy atom. The van der Waals surface area contributed by atoms with E-state index in [0.29, 0.717) is 18.6 Å². The first-order valence-electron chi connectivity index (χ1n) is 6.17. The van der Waals surface area contributed by atoms with Crippen molar-refractivity contribution in [2.24, 2.45) is 0 Å². The van der Waals surface area contributed by atoms with Crippen molar-refractivity contribution in [2.75, 3.05) is 5.43 Å². The van der Waals surface area contributed by atoms with Crippen LogP contribution in [0.4, 0.5) is 10.5 Å². The summed E-state index contributed by atoms with van der Waals surface area (Å²) in [5.41, 5.74) is 7.05. The minimum absolute atomic E-state index is 0.000503. The summed E-state index contributed by atoms with van der Waals surface area (Å²) in [7, 11) is 0. The van der Waals surface area contributed by atoms with Gasteiger partial charge in [0, 0.05) is 18.9 Å². The summed E-state index contributed by atoms with van der Waals surface area (Å²) in [4.78, 5) is 22.7. The van der Waals surface area contributed by atoms with Crippen LogP contribution in [0.1, 0.15) is 24.8 Å². The average molecular weight is 260 g/mol. The van der Waals surface area contributed by atoms with Crippen LogP contribution in [0.25, 0.3) is 0 Å². The monoisotopic (exact) mass is 260 g/mol. The maximum Gasteiger partial charge on any atom is 0.431 e. The van der Waals surface area contributed by atoms with Gasteiger partial charge in [-0.15, -0.1) is 0 Å². The lowest BCUT2D eigenvalue weighted by Gasteiger charge is -2.13. The average Bonchev–Trinajstić information content (AvgIpc) is 2.38. The summed E-state index contributed by atoms with van der Waals surface area (Å²) in [5, 5.41) is 0. The van der Waals surface area contributed by atoms with Crippen molar-refractivity contribution in [1.29, 1.82) is 0 Å². The number of anilines is 1. The quantitative estimate of drug-likeness (QED) is 0.820. The number of hydrazine groups is 1. The van der Waals surface area contributed by atoms with E-state index in [9.17, 15) is 9.59 Å². The van der Waals surface area contributed by atoms with Crippen molar-refractivity contribution in [3.8, 4) is 0 Å². The Morgan fingerprint density at radius 3 is 2.63 bits per heavy atom. The molecule has 1 aromatic rings. The predicted molar refractivity (Wildman–Crippen MR) is 71.4 cm³/mol. The fourth-order valence-corrected chi connectivity index (χ4v) is 1.75. The first-order valence-corrected chi connectivity index (χ1v) is 6.17. The van der Waals surface area contributed by atoms with Crippen LogP contribution in [0.3, 0.4) is 0 Å². The zero-order valence-electron chi connectivity index (χ0n) is 10.7. The predicted octanol–water partition coefficient (Wildman–Crippen LogP) is 2.69. The smallest absolute Gasteiger partial charge is 0.414 e. The molecule has 0 spiro atoms. The number of benzene rings is 1. The van der Waals surface area contributed by atoms with Crippen LogP contribution >= 0.6 is 0 Å². The molecule has 5 nitrogen and oxygen atoms in total. The van der Waals surface area contributed by atoms with E-state index in [0.717, 1.165) is 17.7 Å². The number of carbonyl (C=O) groups is 2. The van der Waals surface area contributed by atoms with Gasteiger partial charge in [-0.05, 0) is 25.5 Å². The summed E-state index contributed by atoms with van der Waals surface area (Å²) in [5.74, 6) is 0.417. The van der Waals surface area contributed by atoms with Gasteiger partial charge >= 0.3 is 6.09 Å².